The van der Waals surface area contributed by atoms with Crippen LogP contribution in [-0.4, -0.2) is 35.5 Å². The van der Waals surface area contributed by atoms with Crippen LogP contribution in [0.2, 0.25) is 0 Å². The summed E-state index contributed by atoms with van der Waals surface area (Å²) < 4.78 is 73.3. The predicted molar refractivity (Wildman–Crippen MR) is 170 cm³/mol. The molecule has 1 amide bonds. The Hall–Kier alpha value is -5.53. The van der Waals surface area contributed by atoms with E-state index in [0.717, 1.165) is 12.1 Å². The lowest BCUT2D eigenvalue weighted by Gasteiger charge is -2.23. The van der Waals surface area contributed by atoms with Gasteiger partial charge in [-0.3, -0.25) is 4.79 Å². The number of para-hydroxylation sites is 1. The second-order valence-electron chi connectivity index (χ2n) is 12.7. The molecule has 14 heteroatoms. The van der Waals surface area contributed by atoms with Crippen LogP contribution in [0, 0.1) is 0 Å². The molecule has 0 fully saturated rings. The number of fused-ring (bicyclic) bond motifs is 1. The molecule has 1 aromatic heterocycles. The van der Waals surface area contributed by atoms with Gasteiger partial charge in [0, 0.05) is 12.5 Å². The van der Waals surface area contributed by atoms with Crippen molar-refractivity contribution in [2.75, 3.05) is 0 Å². The Morgan fingerprint density at radius 3 is 1.98 bits per heavy atom. The van der Waals surface area contributed by atoms with Gasteiger partial charge in [-0.2, -0.15) is 13.2 Å². The summed E-state index contributed by atoms with van der Waals surface area (Å²) in [5, 5.41) is 2.17. The van der Waals surface area contributed by atoms with Gasteiger partial charge in [-0.15, -0.1) is 0 Å². The van der Waals surface area contributed by atoms with Crippen molar-refractivity contribution in [1.29, 1.82) is 0 Å². The number of carbonyl (C=O) groups excluding carboxylic acids is 3. The topological polar surface area (TPSA) is 140 Å². The Balaban J connectivity index is 1.60. The van der Waals surface area contributed by atoms with Crippen LogP contribution in [0.3, 0.4) is 0 Å². The molecule has 0 aliphatic rings. The Morgan fingerprint density at radius 1 is 0.776 bits per heavy atom. The Labute approximate surface area is 278 Å². The molecule has 3 aromatic carbocycles. The fraction of sp³-hybridized carbons (Fsp3) is 0.314. The molecule has 1 heterocycles. The molecule has 0 saturated heterocycles. The van der Waals surface area contributed by atoms with E-state index in [2.05, 4.69) is 5.32 Å². The maximum Gasteiger partial charge on any atom is 0.514 e. The molecule has 260 valence electrons. The molecule has 0 spiro atoms. The van der Waals surface area contributed by atoms with Crippen molar-refractivity contribution in [2.24, 2.45) is 0 Å². The second kappa shape index (κ2) is 14.3. The normalized spacial score (nSPS) is 12.5. The minimum Gasteiger partial charge on any atom is -0.449 e. The number of benzene rings is 3. The highest BCUT2D eigenvalue weighted by Gasteiger charge is 2.40. The lowest BCUT2D eigenvalue weighted by atomic mass is 10.1. The Bertz CT molecular complexity index is 1870. The molecule has 0 saturated carbocycles. The van der Waals surface area contributed by atoms with Crippen LogP contribution in [0.1, 0.15) is 52.9 Å². The molecule has 0 aliphatic heterocycles. The first-order chi connectivity index (χ1) is 22.8. The Morgan fingerprint density at radius 2 is 1.39 bits per heavy atom. The van der Waals surface area contributed by atoms with Crippen molar-refractivity contribution in [3.05, 3.63) is 94.3 Å². The van der Waals surface area contributed by atoms with E-state index < -0.39 is 64.2 Å². The van der Waals surface area contributed by atoms with E-state index in [4.69, 9.17) is 28.1 Å². The third kappa shape index (κ3) is 10.5. The molecule has 1 atom stereocenters. The largest absolute Gasteiger partial charge is 0.514 e. The SMILES string of the molecule is CC(C)(C)OC(=O)NC(Cc1ccc(OC(=O)OC(C)(C)C)cc1)C(=O)Oc1ccc2c(=O)c(Oc3ccccc3)c(C(F)(F)F)oc2c1. The first kappa shape index (κ1) is 36.3. The molecule has 11 nitrogen and oxygen atoms in total. The number of alkyl carbamates (subject to hydrolysis) is 1. The molecule has 0 bridgehead atoms. The van der Waals surface area contributed by atoms with Crippen molar-refractivity contribution in [1.82, 2.24) is 5.32 Å². The van der Waals surface area contributed by atoms with Crippen molar-refractivity contribution in [3.8, 4) is 23.0 Å². The van der Waals surface area contributed by atoms with Crippen LogP contribution in [0.25, 0.3) is 11.0 Å². The summed E-state index contributed by atoms with van der Waals surface area (Å²) in [4.78, 5) is 51.1. The van der Waals surface area contributed by atoms with E-state index in [1.54, 1.807) is 47.6 Å². The van der Waals surface area contributed by atoms with E-state index >= 15 is 0 Å². The molecule has 4 rings (SSSR count). The maximum atomic E-state index is 14.0. The van der Waals surface area contributed by atoms with Crippen LogP contribution in [-0.2, 0) is 26.9 Å². The van der Waals surface area contributed by atoms with Gasteiger partial charge in [-0.1, -0.05) is 30.3 Å². The number of ether oxygens (including phenoxy) is 5. The van der Waals surface area contributed by atoms with Crippen molar-refractivity contribution in [3.63, 3.8) is 0 Å². The number of hydrogen-bond donors (Lipinski definition) is 1. The second-order valence-corrected chi connectivity index (χ2v) is 12.7. The molecule has 4 aromatic rings. The molecular formula is C35H34F3NO10. The summed E-state index contributed by atoms with van der Waals surface area (Å²) in [5.74, 6) is -3.88. The summed E-state index contributed by atoms with van der Waals surface area (Å²) in [5.41, 5.74) is -2.80. The number of esters is 1. The minimum absolute atomic E-state index is 0.0149. The zero-order valence-corrected chi connectivity index (χ0v) is 27.4. The molecule has 49 heavy (non-hydrogen) atoms. The van der Waals surface area contributed by atoms with Gasteiger partial charge in [-0.05, 0) is 83.5 Å². The van der Waals surface area contributed by atoms with Crippen molar-refractivity contribution < 1.29 is 55.7 Å². The number of amides is 1. The number of nitrogens with one attached hydrogen (secondary N) is 1. The average molecular weight is 686 g/mol. The highest BCUT2D eigenvalue weighted by molar-refractivity contribution is 5.85. The van der Waals surface area contributed by atoms with Crippen LogP contribution in [0.15, 0.2) is 82.0 Å². The average Bonchev–Trinajstić information content (AvgIpc) is 2.97. The van der Waals surface area contributed by atoms with Gasteiger partial charge in [-0.25, -0.2) is 14.4 Å². The van der Waals surface area contributed by atoms with Crippen LogP contribution in [0.4, 0.5) is 22.8 Å². The number of alkyl halides is 3. The number of rotatable bonds is 8. The first-order valence-electron chi connectivity index (χ1n) is 14.9. The summed E-state index contributed by atoms with van der Waals surface area (Å²) in [7, 11) is 0. The quantitative estimate of drug-likeness (QED) is 0.110. The zero-order valence-electron chi connectivity index (χ0n) is 27.4. The fourth-order valence-electron chi connectivity index (χ4n) is 4.23. The van der Waals surface area contributed by atoms with Gasteiger partial charge in [0.15, 0.2) is 0 Å². The smallest absolute Gasteiger partial charge is 0.449 e. The first-order valence-corrected chi connectivity index (χ1v) is 14.9. The highest BCUT2D eigenvalue weighted by Crippen LogP contribution is 2.38. The molecule has 1 unspecified atom stereocenters. The molecular weight excluding hydrogens is 651 g/mol. The monoisotopic (exact) mass is 685 g/mol. The van der Waals surface area contributed by atoms with E-state index in [9.17, 15) is 32.3 Å². The van der Waals surface area contributed by atoms with Crippen LogP contribution >= 0.6 is 0 Å². The molecule has 1 N–H and O–H groups in total. The summed E-state index contributed by atoms with van der Waals surface area (Å²) in [6.45, 7) is 9.91. The van der Waals surface area contributed by atoms with Crippen molar-refractivity contribution >= 4 is 29.2 Å². The van der Waals surface area contributed by atoms with Gasteiger partial charge in [0.25, 0.3) is 5.76 Å². The van der Waals surface area contributed by atoms with Crippen molar-refractivity contribution in [2.45, 2.75) is 71.4 Å². The third-order valence-corrected chi connectivity index (χ3v) is 6.19. The van der Waals surface area contributed by atoms with Gasteiger partial charge >= 0.3 is 24.4 Å². The predicted octanol–water partition coefficient (Wildman–Crippen LogP) is 7.96. The number of carbonyl (C=O) groups is 3. The number of halogens is 3. The third-order valence-electron chi connectivity index (χ3n) is 6.19. The van der Waals surface area contributed by atoms with E-state index in [-0.39, 0.29) is 29.1 Å². The molecule has 0 radical (unpaired) electrons. The maximum absolute atomic E-state index is 14.0. The number of hydrogen-bond acceptors (Lipinski definition) is 10. The lowest BCUT2D eigenvalue weighted by Crippen LogP contribution is -2.46. The van der Waals surface area contributed by atoms with Gasteiger partial charge in [0.2, 0.25) is 11.2 Å². The fourth-order valence-corrected chi connectivity index (χ4v) is 4.23. The lowest BCUT2D eigenvalue weighted by molar-refractivity contribution is -0.154. The van der Waals surface area contributed by atoms with E-state index in [0.29, 0.717) is 5.56 Å². The van der Waals surface area contributed by atoms with Gasteiger partial charge in [0.05, 0.1) is 5.39 Å². The van der Waals surface area contributed by atoms with Gasteiger partial charge in [0.1, 0.15) is 40.1 Å². The van der Waals surface area contributed by atoms with E-state index in [1.807, 2.05) is 0 Å². The van der Waals surface area contributed by atoms with Crippen LogP contribution < -0.4 is 25.0 Å². The van der Waals surface area contributed by atoms with Gasteiger partial charge < -0.3 is 33.4 Å². The minimum atomic E-state index is -5.11. The highest BCUT2D eigenvalue weighted by atomic mass is 19.4. The summed E-state index contributed by atoms with van der Waals surface area (Å²) in [6, 6.07) is 15.3. The summed E-state index contributed by atoms with van der Waals surface area (Å²) >= 11 is 0. The Kier molecular flexibility index (Phi) is 10.6. The standard InChI is InChI=1S/C35H34F3NO10/c1-33(2,3)48-31(42)39-25(18-20-12-14-22(15-13-20)46-32(43)49-34(4,5)6)30(41)45-23-16-17-24-26(19-23)47-29(35(36,37)38)28(27(24)40)44-21-10-8-7-9-11-21/h7-17,19,25H,18H2,1-6H3,(H,39,42). The van der Waals surface area contributed by atoms with Crippen LogP contribution in [0.5, 0.6) is 23.0 Å². The molecule has 0 aliphatic carbocycles. The zero-order chi connectivity index (χ0) is 36.1. The summed E-state index contributed by atoms with van der Waals surface area (Å²) in [6.07, 6.45) is -7.10. The van der Waals surface area contributed by atoms with E-state index in [1.165, 1.54) is 54.6 Å².